The van der Waals surface area contributed by atoms with Crippen LogP contribution in [0.3, 0.4) is 0 Å². The molecule has 2 atom stereocenters. The van der Waals surface area contributed by atoms with Gasteiger partial charge < -0.3 is 15.7 Å². The van der Waals surface area contributed by atoms with E-state index in [1.165, 1.54) is 0 Å². The predicted molar refractivity (Wildman–Crippen MR) is 64.8 cm³/mol. The highest BCUT2D eigenvalue weighted by Crippen LogP contribution is 2.25. The number of amides is 2. The minimum absolute atomic E-state index is 0.0347. The van der Waals surface area contributed by atoms with Gasteiger partial charge in [0.2, 0.25) is 11.8 Å². The number of aliphatic carboxylic acids is 1. The quantitative estimate of drug-likeness (QED) is 0.635. The summed E-state index contributed by atoms with van der Waals surface area (Å²) in [6.07, 6.45) is 2.92. The van der Waals surface area contributed by atoms with E-state index in [9.17, 15) is 14.4 Å². The molecule has 0 heterocycles. The lowest BCUT2D eigenvalue weighted by Gasteiger charge is -2.12. The molecular weight excluding hydrogens is 236 g/mol. The average molecular weight is 256 g/mol. The van der Waals surface area contributed by atoms with E-state index in [4.69, 9.17) is 5.11 Å². The summed E-state index contributed by atoms with van der Waals surface area (Å²) in [5, 5.41) is 14.1. The van der Waals surface area contributed by atoms with Gasteiger partial charge in [0.25, 0.3) is 0 Å². The van der Waals surface area contributed by atoms with Gasteiger partial charge in [-0.3, -0.25) is 14.4 Å². The molecule has 18 heavy (non-hydrogen) atoms. The fraction of sp³-hybridized carbons (Fsp3) is 0.750. The van der Waals surface area contributed by atoms with E-state index in [0.29, 0.717) is 25.7 Å². The van der Waals surface area contributed by atoms with Crippen molar-refractivity contribution in [2.75, 3.05) is 6.54 Å². The van der Waals surface area contributed by atoms with E-state index in [2.05, 4.69) is 10.6 Å². The Labute approximate surface area is 106 Å². The van der Waals surface area contributed by atoms with Crippen molar-refractivity contribution in [2.45, 2.75) is 45.1 Å². The fourth-order valence-corrected chi connectivity index (χ4v) is 2.11. The third kappa shape index (κ3) is 4.73. The lowest BCUT2D eigenvalue weighted by molar-refractivity contribution is -0.141. The van der Waals surface area contributed by atoms with Gasteiger partial charge in [0.05, 0.1) is 12.5 Å². The minimum Gasteiger partial charge on any atom is -0.481 e. The summed E-state index contributed by atoms with van der Waals surface area (Å²) in [6, 6.07) is -0.0818. The molecule has 1 saturated carbocycles. The Balaban J connectivity index is 2.21. The zero-order valence-electron chi connectivity index (χ0n) is 10.6. The number of carbonyl (C=O) groups is 3. The summed E-state index contributed by atoms with van der Waals surface area (Å²) in [4.78, 5) is 33.4. The van der Waals surface area contributed by atoms with Crippen LogP contribution >= 0.6 is 0 Å². The molecular formula is C12H20N2O4. The Morgan fingerprint density at radius 2 is 1.94 bits per heavy atom. The van der Waals surface area contributed by atoms with Crippen molar-refractivity contribution >= 4 is 17.8 Å². The van der Waals surface area contributed by atoms with Crippen LogP contribution < -0.4 is 10.6 Å². The highest BCUT2D eigenvalue weighted by atomic mass is 16.4. The summed E-state index contributed by atoms with van der Waals surface area (Å²) < 4.78 is 0. The van der Waals surface area contributed by atoms with Crippen LogP contribution in [0.15, 0.2) is 0 Å². The number of carboxylic acid groups (broad SMARTS) is 1. The number of carbonyl (C=O) groups excluding carboxylic acids is 2. The Kier molecular flexibility index (Phi) is 5.61. The number of carboxylic acids is 1. The molecule has 1 rings (SSSR count). The van der Waals surface area contributed by atoms with Crippen LogP contribution in [0.25, 0.3) is 0 Å². The minimum atomic E-state index is -0.803. The predicted octanol–water partition coefficient (Wildman–Crippen LogP) is 0.272. The maximum absolute atomic E-state index is 11.5. The smallest absolute Gasteiger partial charge is 0.306 e. The van der Waals surface area contributed by atoms with Crippen molar-refractivity contribution in [3.05, 3.63) is 0 Å². The molecule has 1 aliphatic carbocycles. The van der Waals surface area contributed by atoms with Gasteiger partial charge in [-0.1, -0.05) is 6.92 Å². The van der Waals surface area contributed by atoms with Crippen molar-refractivity contribution in [2.24, 2.45) is 5.92 Å². The number of nitrogens with one attached hydrogen (secondary N) is 2. The van der Waals surface area contributed by atoms with Crippen LogP contribution in [-0.4, -0.2) is 35.5 Å². The van der Waals surface area contributed by atoms with Crippen molar-refractivity contribution in [1.29, 1.82) is 0 Å². The van der Waals surface area contributed by atoms with Gasteiger partial charge >= 0.3 is 5.97 Å². The molecule has 6 heteroatoms. The monoisotopic (exact) mass is 256 g/mol. The molecule has 6 nitrogen and oxygen atoms in total. The van der Waals surface area contributed by atoms with Gasteiger partial charge in [-0.05, 0) is 25.7 Å². The first-order valence-electron chi connectivity index (χ1n) is 6.31. The maximum atomic E-state index is 11.5. The van der Waals surface area contributed by atoms with Crippen LogP contribution in [-0.2, 0) is 14.4 Å². The zero-order chi connectivity index (χ0) is 13.5. The normalized spacial score (nSPS) is 22.5. The van der Waals surface area contributed by atoms with Crippen LogP contribution in [0.1, 0.15) is 39.0 Å². The number of hydrogen-bond acceptors (Lipinski definition) is 3. The molecule has 0 unspecified atom stereocenters. The zero-order valence-corrected chi connectivity index (χ0v) is 10.6. The van der Waals surface area contributed by atoms with Crippen molar-refractivity contribution in [1.82, 2.24) is 10.6 Å². The Morgan fingerprint density at radius 1 is 1.22 bits per heavy atom. The molecule has 0 aromatic carbocycles. The standard InChI is InChI=1S/C12H20N2O4/c1-2-3-10(15)13-7-11(16)14-9-5-4-8(6-9)12(17)18/h8-9H,2-7H2,1H3,(H,13,15)(H,14,16)(H,17,18)/t8-,9+/m0/s1. The maximum Gasteiger partial charge on any atom is 0.306 e. The second-order valence-electron chi connectivity index (χ2n) is 4.64. The van der Waals surface area contributed by atoms with E-state index in [-0.39, 0.29) is 30.3 Å². The van der Waals surface area contributed by atoms with Crippen molar-refractivity contribution in [3.8, 4) is 0 Å². The first-order valence-corrected chi connectivity index (χ1v) is 6.31. The second kappa shape index (κ2) is 6.98. The van der Waals surface area contributed by atoms with Crippen molar-refractivity contribution < 1.29 is 19.5 Å². The average Bonchev–Trinajstić information content (AvgIpc) is 2.75. The van der Waals surface area contributed by atoms with Gasteiger partial charge in [-0.15, -0.1) is 0 Å². The van der Waals surface area contributed by atoms with Crippen LogP contribution in [0.5, 0.6) is 0 Å². The Bertz CT molecular complexity index is 330. The van der Waals surface area contributed by atoms with E-state index >= 15 is 0 Å². The van der Waals surface area contributed by atoms with Gasteiger partial charge in [-0.2, -0.15) is 0 Å². The van der Waals surface area contributed by atoms with Gasteiger partial charge in [-0.25, -0.2) is 0 Å². The van der Waals surface area contributed by atoms with Gasteiger partial charge in [0.15, 0.2) is 0 Å². The highest BCUT2D eigenvalue weighted by molar-refractivity contribution is 5.84. The lowest BCUT2D eigenvalue weighted by atomic mass is 10.1. The van der Waals surface area contributed by atoms with Gasteiger partial charge in [0, 0.05) is 12.5 Å². The summed E-state index contributed by atoms with van der Waals surface area (Å²) >= 11 is 0. The second-order valence-corrected chi connectivity index (χ2v) is 4.64. The molecule has 1 fully saturated rings. The first-order chi connectivity index (χ1) is 8.52. The molecule has 0 saturated heterocycles. The third-order valence-corrected chi connectivity index (χ3v) is 3.07. The third-order valence-electron chi connectivity index (χ3n) is 3.07. The van der Waals surface area contributed by atoms with E-state index in [1.54, 1.807) is 0 Å². The van der Waals surface area contributed by atoms with E-state index < -0.39 is 5.97 Å². The molecule has 0 aromatic heterocycles. The molecule has 0 aliphatic heterocycles. The lowest BCUT2D eigenvalue weighted by Crippen LogP contribution is -2.41. The Morgan fingerprint density at radius 3 is 2.50 bits per heavy atom. The SMILES string of the molecule is CCCC(=O)NCC(=O)N[C@@H]1CC[C@H](C(=O)O)C1. The largest absolute Gasteiger partial charge is 0.481 e. The fourth-order valence-electron chi connectivity index (χ4n) is 2.11. The highest BCUT2D eigenvalue weighted by Gasteiger charge is 2.30. The summed E-state index contributed by atoms with van der Waals surface area (Å²) in [7, 11) is 0. The molecule has 0 radical (unpaired) electrons. The topological polar surface area (TPSA) is 95.5 Å². The summed E-state index contributed by atoms with van der Waals surface area (Å²) in [6.45, 7) is 1.86. The molecule has 0 bridgehead atoms. The van der Waals surface area contributed by atoms with Crippen molar-refractivity contribution in [3.63, 3.8) is 0 Å². The summed E-state index contributed by atoms with van der Waals surface area (Å²) in [5.41, 5.74) is 0. The van der Waals surface area contributed by atoms with Gasteiger partial charge in [0.1, 0.15) is 0 Å². The van der Waals surface area contributed by atoms with Crippen LogP contribution in [0.2, 0.25) is 0 Å². The number of hydrogen-bond donors (Lipinski definition) is 3. The first kappa shape index (κ1) is 14.5. The number of rotatable bonds is 6. The molecule has 0 aromatic rings. The van der Waals surface area contributed by atoms with E-state index in [1.807, 2.05) is 6.92 Å². The van der Waals surface area contributed by atoms with E-state index in [0.717, 1.165) is 6.42 Å². The molecule has 3 N–H and O–H groups in total. The van der Waals surface area contributed by atoms with Crippen LogP contribution in [0, 0.1) is 5.92 Å². The Hall–Kier alpha value is -1.59. The molecule has 1 aliphatic rings. The summed E-state index contributed by atoms with van der Waals surface area (Å²) in [5.74, 6) is -1.55. The van der Waals surface area contributed by atoms with Crippen LogP contribution in [0.4, 0.5) is 0 Å². The molecule has 102 valence electrons. The molecule has 0 spiro atoms. The molecule has 2 amide bonds.